The molecule has 3 rings (SSSR count). The number of benzene rings is 3. The van der Waals surface area contributed by atoms with Gasteiger partial charge in [-0.25, -0.2) is 0 Å². The first-order valence-corrected chi connectivity index (χ1v) is 9.31. The molecule has 144 valence electrons. The first-order chi connectivity index (χ1) is 13.7. The molecule has 3 aromatic rings. The average molecular weight is 375 g/mol. The van der Waals surface area contributed by atoms with Crippen molar-refractivity contribution in [2.75, 3.05) is 19.1 Å². The smallest absolute Gasteiger partial charge is 0.227 e. The molecule has 0 spiro atoms. The molecule has 0 N–H and O–H groups in total. The van der Waals surface area contributed by atoms with Crippen LogP contribution in [0, 0.1) is 0 Å². The van der Waals surface area contributed by atoms with Crippen LogP contribution in [0.2, 0.25) is 0 Å². The zero-order chi connectivity index (χ0) is 19.8. The number of hydrogen-bond donors (Lipinski definition) is 0. The van der Waals surface area contributed by atoms with Crippen molar-refractivity contribution in [2.24, 2.45) is 0 Å². The molecule has 0 bridgehead atoms. The molecule has 0 saturated carbocycles. The average Bonchev–Trinajstić information content (AvgIpc) is 2.77. The number of anilines is 1. The zero-order valence-corrected chi connectivity index (χ0v) is 16.3. The maximum Gasteiger partial charge on any atom is 0.227 e. The van der Waals surface area contributed by atoms with E-state index in [2.05, 4.69) is 0 Å². The van der Waals surface area contributed by atoms with E-state index in [0.29, 0.717) is 19.4 Å². The van der Waals surface area contributed by atoms with E-state index < -0.39 is 0 Å². The van der Waals surface area contributed by atoms with Crippen LogP contribution >= 0.6 is 0 Å². The predicted molar refractivity (Wildman–Crippen MR) is 112 cm³/mol. The van der Waals surface area contributed by atoms with Crippen molar-refractivity contribution < 1.29 is 14.3 Å². The molecule has 0 aliphatic carbocycles. The first kappa shape index (κ1) is 19.5. The Morgan fingerprint density at radius 1 is 0.750 bits per heavy atom. The highest BCUT2D eigenvalue weighted by Gasteiger charge is 2.16. The lowest BCUT2D eigenvalue weighted by Gasteiger charge is -2.23. The predicted octanol–water partition coefficient (Wildman–Crippen LogP) is 4.87. The fraction of sp³-hybridized carbons (Fsp3) is 0.208. The lowest BCUT2D eigenvalue weighted by molar-refractivity contribution is -0.118. The Morgan fingerprint density at radius 2 is 1.32 bits per heavy atom. The van der Waals surface area contributed by atoms with Crippen LogP contribution in [0.1, 0.15) is 17.5 Å². The van der Waals surface area contributed by atoms with Gasteiger partial charge >= 0.3 is 0 Å². The number of methoxy groups -OCH3 is 2. The molecule has 4 nitrogen and oxygen atoms in total. The Bertz CT molecular complexity index is 874. The summed E-state index contributed by atoms with van der Waals surface area (Å²) in [7, 11) is 3.28. The van der Waals surface area contributed by atoms with Crippen LogP contribution in [0.5, 0.6) is 11.5 Å². The number of ether oxygens (including phenoxy) is 2. The number of nitrogens with zero attached hydrogens (tertiary/aromatic N) is 1. The van der Waals surface area contributed by atoms with E-state index in [-0.39, 0.29) is 5.91 Å². The van der Waals surface area contributed by atoms with Crippen LogP contribution in [-0.2, 0) is 17.8 Å². The van der Waals surface area contributed by atoms with E-state index >= 15 is 0 Å². The van der Waals surface area contributed by atoms with Crippen LogP contribution in [0.4, 0.5) is 5.69 Å². The molecule has 0 unspecified atom stereocenters. The minimum atomic E-state index is 0.0878. The van der Waals surface area contributed by atoms with Crippen molar-refractivity contribution in [1.29, 1.82) is 0 Å². The van der Waals surface area contributed by atoms with Crippen LogP contribution in [0.25, 0.3) is 0 Å². The quantitative estimate of drug-likeness (QED) is 0.564. The van der Waals surface area contributed by atoms with Crippen molar-refractivity contribution >= 4 is 11.6 Å². The van der Waals surface area contributed by atoms with Gasteiger partial charge in [0.05, 0.1) is 20.8 Å². The van der Waals surface area contributed by atoms with Gasteiger partial charge in [-0.1, -0.05) is 42.5 Å². The van der Waals surface area contributed by atoms with Crippen LogP contribution in [0.15, 0.2) is 78.9 Å². The van der Waals surface area contributed by atoms with Gasteiger partial charge in [0.25, 0.3) is 0 Å². The van der Waals surface area contributed by atoms with Crippen LogP contribution in [0.3, 0.4) is 0 Å². The second-order valence-corrected chi connectivity index (χ2v) is 6.51. The Balaban J connectivity index is 1.75. The maximum absolute atomic E-state index is 13.1. The van der Waals surface area contributed by atoms with E-state index in [1.54, 1.807) is 14.2 Å². The molecule has 3 aromatic carbocycles. The molecule has 0 aliphatic heterocycles. The highest BCUT2D eigenvalue weighted by Crippen LogP contribution is 2.23. The summed E-state index contributed by atoms with van der Waals surface area (Å²) in [5.41, 5.74) is 3.07. The van der Waals surface area contributed by atoms with Crippen molar-refractivity contribution in [2.45, 2.75) is 19.4 Å². The van der Waals surface area contributed by atoms with Gasteiger partial charge in [-0.15, -0.1) is 0 Å². The number of carbonyl (C=O) groups is 1. The summed E-state index contributed by atoms with van der Waals surface area (Å²) >= 11 is 0. The second kappa shape index (κ2) is 9.60. The number of hydrogen-bond acceptors (Lipinski definition) is 3. The summed E-state index contributed by atoms with van der Waals surface area (Å²) in [5.74, 6) is 1.68. The largest absolute Gasteiger partial charge is 0.497 e. The first-order valence-electron chi connectivity index (χ1n) is 9.31. The lowest BCUT2D eigenvalue weighted by Crippen LogP contribution is -2.30. The molecule has 0 saturated heterocycles. The molecule has 0 heterocycles. The van der Waals surface area contributed by atoms with Crippen LogP contribution in [-0.4, -0.2) is 20.1 Å². The van der Waals surface area contributed by atoms with Crippen molar-refractivity contribution in [3.05, 3.63) is 90.0 Å². The summed E-state index contributed by atoms with van der Waals surface area (Å²) < 4.78 is 10.4. The van der Waals surface area contributed by atoms with E-state index in [1.165, 1.54) is 0 Å². The fourth-order valence-corrected chi connectivity index (χ4v) is 3.03. The van der Waals surface area contributed by atoms with Crippen molar-refractivity contribution in [1.82, 2.24) is 0 Å². The zero-order valence-electron chi connectivity index (χ0n) is 16.3. The highest BCUT2D eigenvalue weighted by molar-refractivity contribution is 5.93. The van der Waals surface area contributed by atoms with E-state index in [9.17, 15) is 4.79 Å². The van der Waals surface area contributed by atoms with Gasteiger partial charge < -0.3 is 14.4 Å². The minimum Gasteiger partial charge on any atom is -0.497 e. The van der Waals surface area contributed by atoms with E-state index in [4.69, 9.17) is 9.47 Å². The molecule has 4 heteroatoms. The van der Waals surface area contributed by atoms with Gasteiger partial charge in [-0.05, 0) is 53.9 Å². The normalized spacial score (nSPS) is 10.4. The molecule has 1 amide bonds. The summed E-state index contributed by atoms with van der Waals surface area (Å²) in [5, 5.41) is 0. The van der Waals surface area contributed by atoms with Gasteiger partial charge in [0, 0.05) is 12.1 Å². The molecule has 0 aromatic heterocycles. The third-order valence-corrected chi connectivity index (χ3v) is 4.66. The minimum absolute atomic E-state index is 0.0878. The Morgan fingerprint density at radius 3 is 1.89 bits per heavy atom. The fourth-order valence-electron chi connectivity index (χ4n) is 3.03. The Hall–Kier alpha value is -3.27. The van der Waals surface area contributed by atoms with E-state index in [1.807, 2.05) is 83.8 Å². The highest BCUT2D eigenvalue weighted by atomic mass is 16.5. The number of aryl methyl sites for hydroxylation is 1. The number of rotatable bonds is 8. The Labute approximate surface area is 166 Å². The Kier molecular flexibility index (Phi) is 6.68. The van der Waals surface area contributed by atoms with Crippen molar-refractivity contribution in [3.63, 3.8) is 0 Å². The molecule has 0 atom stereocenters. The number of carbonyl (C=O) groups excluding carboxylic acids is 1. The van der Waals surface area contributed by atoms with Gasteiger partial charge in [-0.2, -0.15) is 0 Å². The van der Waals surface area contributed by atoms with Gasteiger partial charge in [0.1, 0.15) is 11.5 Å². The summed E-state index contributed by atoms with van der Waals surface area (Å²) in [6.07, 6.45) is 1.12. The van der Waals surface area contributed by atoms with Gasteiger partial charge in [0.2, 0.25) is 5.91 Å². The summed E-state index contributed by atoms with van der Waals surface area (Å²) in [4.78, 5) is 14.9. The SMILES string of the molecule is COc1ccc(CCC(=O)N(Cc2ccccc2)c2ccc(OC)cc2)cc1. The monoisotopic (exact) mass is 375 g/mol. The third kappa shape index (κ3) is 5.13. The van der Waals surface area contributed by atoms with E-state index in [0.717, 1.165) is 28.3 Å². The van der Waals surface area contributed by atoms with Crippen molar-refractivity contribution in [3.8, 4) is 11.5 Å². The summed E-state index contributed by atoms with van der Waals surface area (Å²) in [6.45, 7) is 0.536. The molecular formula is C24H25NO3. The number of amides is 1. The van der Waals surface area contributed by atoms with Crippen LogP contribution < -0.4 is 14.4 Å². The summed E-state index contributed by atoms with van der Waals surface area (Å²) in [6, 6.07) is 25.5. The van der Waals surface area contributed by atoms with Gasteiger partial charge in [-0.3, -0.25) is 4.79 Å². The van der Waals surface area contributed by atoms with Gasteiger partial charge in [0.15, 0.2) is 0 Å². The molecule has 28 heavy (non-hydrogen) atoms. The maximum atomic E-state index is 13.1. The second-order valence-electron chi connectivity index (χ2n) is 6.51. The topological polar surface area (TPSA) is 38.8 Å². The third-order valence-electron chi connectivity index (χ3n) is 4.66. The molecule has 0 fully saturated rings. The molecule has 0 aliphatic rings. The molecule has 0 radical (unpaired) electrons. The molecular weight excluding hydrogens is 350 g/mol. The standard InChI is InChI=1S/C24H25NO3/c1-27-22-13-8-19(9-14-22)10-17-24(26)25(18-20-6-4-3-5-7-20)21-11-15-23(28-2)16-12-21/h3-9,11-16H,10,17-18H2,1-2H3. The lowest BCUT2D eigenvalue weighted by atomic mass is 10.1.